The van der Waals surface area contributed by atoms with Gasteiger partial charge in [0.15, 0.2) is 5.69 Å². The lowest BCUT2D eigenvalue weighted by atomic mass is 10.2. The maximum Gasteiger partial charge on any atom is 0.276 e. The van der Waals surface area contributed by atoms with Gasteiger partial charge < -0.3 is 9.88 Å². The van der Waals surface area contributed by atoms with E-state index in [-0.39, 0.29) is 17.1 Å². The van der Waals surface area contributed by atoms with Gasteiger partial charge in [-0.3, -0.25) is 14.9 Å². The zero-order valence-corrected chi connectivity index (χ0v) is 14.9. The standard InChI is InChI=1S/C20H14FN5O3/c21-17-7-6-14(24-9-1-2-10-24)13-19(17)22-20(27)18-8-11-25(23-18)15-4-3-5-16(12-15)26(28)29/h1-13H,(H,22,27). The summed E-state index contributed by atoms with van der Waals surface area (Å²) in [5.74, 6) is -1.18. The minimum atomic E-state index is -0.599. The molecule has 0 aliphatic carbocycles. The molecule has 8 nitrogen and oxygen atoms in total. The van der Waals surface area contributed by atoms with Gasteiger partial charge in [-0.2, -0.15) is 5.10 Å². The van der Waals surface area contributed by atoms with Gasteiger partial charge in [0.25, 0.3) is 11.6 Å². The van der Waals surface area contributed by atoms with Crippen molar-refractivity contribution in [2.24, 2.45) is 0 Å². The second-order valence-electron chi connectivity index (χ2n) is 6.13. The van der Waals surface area contributed by atoms with Gasteiger partial charge in [0.1, 0.15) is 5.82 Å². The van der Waals surface area contributed by atoms with Crippen LogP contribution >= 0.6 is 0 Å². The Balaban J connectivity index is 1.57. The summed E-state index contributed by atoms with van der Waals surface area (Å²) in [6.45, 7) is 0. The summed E-state index contributed by atoms with van der Waals surface area (Å²) in [7, 11) is 0. The van der Waals surface area contributed by atoms with Crippen LogP contribution in [0.2, 0.25) is 0 Å². The van der Waals surface area contributed by atoms with Crippen LogP contribution in [0.15, 0.2) is 79.3 Å². The first kappa shape index (κ1) is 18.1. The number of anilines is 1. The topological polar surface area (TPSA) is 95.0 Å². The highest BCUT2D eigenvalue weighted by Crippen LogP contribution is 2.20. The van der Waals surface area contributed by atoms with Crippen LogP contribution in [0.3, 0.4) is 0 Å². The predicted octanol–water partition coefficient (Wildman–Crippen LogP) is 3.96. The lowest BCUT2D eigenvalue weighted by Crippen LogP contribution is -2.14. The predicted molar refractivity (Wildman–Crippen MR) is 104 cm³/mol. The number of carbonyl (C=O) groups excluding carboxylic acids is 1. The van der Waals surface area contributed by atoms with Crippen molar-refractivity contribution in [1.82, 2.24) is 14.3 Å². The van der Waals surface area contributed by atoms with E-state index < -0.39 is 16.6 Å². The number of nitro groups is 1. The third-order valence-corrected chi connectivity index (χ3v) is 4.23. The van der Waals surface area contributed by atoms with Crippen molar-refractivity contribution < 1.29 is 14.1 Å². The van der Waals surface area contributed by atoms with E-state index in [4.69, 9.17) is 0 Å². The Labute approximate surface area is 164 Å². The smallest absolute Gasteiger partial charge is 0.276 e. The fourth-order valence-electron chi connectivity index (χ4n) is 2.80. The molecule has 29 heavy (non-hydrogen) atoms. The fourth-order valence-corrected chi connectivity index (χ4v) is 2.80. The molecule has 0 bridgehead atoms. The summed E-state index contributed by atoms with van der Waals surface area (Å²) in [5, 5.41) is 17.6. The molecule has 1 N–H and O–H groups in total. The second kappa shape index (κ2) is 7.39. The molecule has 0 saturated heterocycles. The van der Waals surface area contributed by atoms with E-state index >= 15 is 0 Å². The summed E-state index contributed by atoms with van der Waals surface area (Å²) in [6, 6.07) is 15.4. The van der Waals surface area contributed by atoms with Crippen LogP contribution in [0, 0.1) is 15.9 Å². The molecular formula is C20H14FN5O3. The van der Waals surface area contributed by atoms with Crippen LogP contribution in [0.1, 0.15) is 10.5 Å². The van der Waals surface area contributed by atoms with E-state index in [1.807, 2.05) is 12.1 Å². The zero-order valence-electron chi connectivity index (χ0n) is 14.9. The first-order valence-corrected chi connectivity index (χ1v) is 8.56. The number of amides is 1. The largest absolute Gasteiger partial charge is 0.324 e. The van der Waals surface area contributed by atoms with Crippen LogP contribution in [0.25, 0.3) is 11.4 Å². The zero-order chi connectivity index (χ0) is 20.4. The van der Waals surface area contributed by atoms with Crippen molar-refractivity contribution >= 4 is 17.3 Å². The number of hydrogen-bond acceptors (Lipinski definition) is 4. The fraction of sp³-hybridized carbons (Fsp3) is 0. The first-order chi connectivity index (χ1) is 14.0. The Morgan fingerprint density at radius 3 is 2.55 bits per heavy atom. The Bertz CT molecular complexity index is 1200. The minimum Gasteiger partial charge on any atom is -0.324 e. The molecule has 0 aliphatic rings. The SMILES string of the molecule is O=C(Nc1cc(-n2cccc2)ccc1F)c1ccn(-c2cccc([N+](=O)[O-])c2)n1. The molecule has 2 heterocycles. The molecule has 0 spiro atoms. The van der Waals surface area contributed by atoms with E-state index in [0.29, 0.717) is 11.4 Å². The third-order valence-electron chi connectivity index (χ3n) is 4.23. The van der Waals surface area contributed by atoms with Gasteiger partial charge in [-0.25, -0.2) is 9.07 Å². The Morgan fingerprint density at radius 2 is 1.79 bits per heavy atom. The summed E-state index contributed by atoms with van der Waals surface area (Å²) in [4.78, 5) is 22.9. The van der Waals surface area contributed by atoms with Crippen LogP contribution in [0.4, 0.5) is 15.8 Å². The van der Waals surface area contributed by atoms with Crippen molar-refractivity contribution in [3.63, 3.8) is 0 Å². The average Bonchev–Trinajstić information content (AvgIpc) is 3.42. The molecule has 0 fully saturated rings. The molecule has 0 saturated carbocycles. The number of benzene rings is 2. The molecule has 9 heteroatoms. The van der Waals surface area contributed by atoms with Crippen molar-refractivity contribution in [3.8, 4) is 11.4 Å². The Kier molecular flexibility index (Phi) is 4.62. The molecule has 0 radical (unpaired) electrons. The van der Waals surface area contributed by atoms with Gasteiger partial charge >= 0.3 is 0 Å². The first-order valence-electron chi connectivity index (χ1n) is 8.56. The van der Waals surface area contributed by atoms with Gasteiger partial charge in [0.05, 0.1) is 16.3 Å². The van der Waals surface area contributed by atoms with Gasteiger partial charge in [0.2, 0.25) is 0 Å². The van der Waals surface area contributed by atoms with Crippen LogP contribution < -0.4 is 5.32 Å². The number of nitro benzene ring substituents is 1. The van der Waals surface area contributed by atoms with Crippen molar-refractivity contribution in [1.29, 1.82) is 0 Å². The van der Waals surface area contributed by atoms with Gasteiger partial charge in [-0.05, 0) is 42.5 Å². The Hall–Kier alpha value is -4.27. The number of nitrogens with one attached hydrogen (secondary N) is 1. The summed E-state index contributed by atoms with van der Waals surface area (Å²) >= 11 is 0. The third kappa shape index (κ3) is 3.74. The average molecular weight is 391 g/mol. The van der Waals surface area contributed by atoms with Gasteiger partial charge in [-0.15, -0.1) is 0 Å². The normalized spacial score (nSPS) is 10.7. The number of hydrogen-bond donors (Lipinski definition) is 1. The highest BCUT2D eigenvalue weighted by molar-refractivity contribution is 6.03. The lowest BCUT2D eigenvalue weighted by molar-refractivity contribution is -0.384. The summed E-state index contributed by atoms with van der Waals surface area (Å²) in [5.41, 5.74) is 1.09. The number of rotatable bonds is 5. The quantitative estimate of drug-likeness (QED) is 0.411. The molecule has 2 aromatic heterocycles. The highest BCUT2D eigenvalue weighted by atomic mass is 19.1. The molecule has 0 atom stereocenters. The van der Waals surface area contributed by atoms with Gasteiger partial charge in [0, 0.05) is 36.4 Å². The van der Waals surface area contributed by atoms with Crippen LogP contribution in [-0.2, 0) is 0 Å². The Morgan fingerprint density at radius 1 is 1.00 bits per heavy atom. The molecule has 4 rings (SSSR count). The van der Waals surface area contributed by atoms with Crippen molar-refractivity contribution in [2.75, 3.05) is 5.32 Å². The number of aromatic nitrogens is 3. The summed E-state index contributed by atoms with van der Waals surface area (Å²) in [6.07, 6.45) is 5.11. The summed E-state index contributed by atoms with van der Waals surface area (Å²) < 4.78 is 17.3. The molecule has 1 amide bonds. The van der Waals surface area contributed by atoms with E-state index in [1.54, 1.807) is 29.1 Å². The lowest BCUT2D eigenvalue weighted by Gasteiger charge is -2.09. The molecule has 144 valence electrons. The van der Waals surface area contributed by atoms with Gasteiger partial charge in [-0.1, -0.05) is 6.07 Å². The molecular weight excluding hydrogens is 377 g/mol. The van der Waals surface area contributed by atoms with E-state index in [1.165, 1.54) is 47.3 Å². The minimum absolute atomic E-state index is 0.0195. The van der Waals surface area contributed by atoms with E-state index in [2.05, 4.69) is 10.4 Å². The van der Waals surface area contributed by atoms with E-state index in [0.717, 1.165) is 0 Å². The second-order valence-corrected chi connectivity index (χ2v) is 6.13. The monoisotopic (exact) mass is 391 g/mol. The molecule has 0 aliphatic heterocycles. The maximum atomic E-state index is 14.2. The number of halogens is 1. The number of nitrogens with zero attached hydrogens (tertiary/aromatic N) is 4. The van der Waals surface area contributed by atoms with Crippen LogP contribution in [-0.4, -0.2) is 25.2 Å². The number of carbonyl (C=O) groups is 1. The highest BCUT2D eigenvalue weighted by Gasteiger charge is 2.15. The molecule has 0 unspecified atom stereocenters. The molecule has 2 aromatic carbocycles. The van der Waals surface area contributed by atoms with Crippen molar-refractivity contribution in [3.05, 3.63) is 101 Å². The number of non-ortho nitro benzene ring substituents is 1. The maximum absolute atomic E-state index is 14.2. The molecule has 4 aromatic rings. The van der Waals surface area contributed by atoms with Crippen LogP contribution in [0.5, 0.6) is 0 Å². The van der Waals surface area contributed by atoms with Crippen molar-refractivity contribution in [2.45, 2.75) is 0 Å². The van der Waals surface area contributed by atoms with E-state index in [9.17, 15) is 19.3 Å².